The van der Waals surface area contributed by atoms with E-state index in [-0.39, 0.29) is 11.8 Å². The predicted molar refractivity (Wildman–Crippen MR) is 136 cm³/mol. The molecule has 0 bridgehead atoms. The summed E-state index contributed by atoms with van der Waals surface area (Å²) in [5, 5.41) is 19.0. The van der Waals surface area contributed by atoms with Crippen LogP contribution in [0.1, 0.15) is 35.7 Å². The van der Waals surface area contributed by atoms with E-state index in [9.17, 15) is 9.59 Å². The number of benzene rings is 2. The van der Waals surface area contributed by atoms with Crippen molar-refractivity contribution < 1.29 is 19.4 Å². The maximum absolute atomic E-state index is 13.4. The van der Waals surface area contributed by atoms with Gasteiger partial charge in [0.2, 0.25) is 5.13 Å². The summed E-state index contributed by atoms with van der Waals surface area (Å²) in [6.45, 7) is 4.75. The van der Waals surface area contributed by atoms with Crippen molar-refractivity contribution in [1.82, 2.24) is 15.1 Å². The van der Waals surface area contributed by atoms with Gasteiger partial charge in [-0.3, -0.25) is 14.5 Å². The lowest BCUT2D eigenvalue weighted by Crippen LogP contribution is -2.50. The fourth-order valence-electron chi connectivity index (χ4n) is 4.02. The zero-order valence-corrected chi connectivity index (χ0v) is 20.8. The Morgan fingerprint density at radius 3 is 2.57 bits per heavy atom. The van der Waals surface area contributed by atoms with E-state index in [2.05, 4.69) is 34.2 Å². The molecule has 0 saturated carbocycles. The highest BCUT2D eigenvalue weighted by atomic mass is 32.1. The number of rotatable bonds is 11. The third-order valence-corrected chi connectivity index (χ3v) is 7.18. The number of hydrogen-bond donors (Lipinski definition) is 1. The highest BCUT2D eigenvalue weighted by Gasteiger charge is 2.31. The van der Waals surface area contributed by atoms with Crippen LogP contribution in [-0.2, 0) is 11.2 Å². The molecule has 4 rings (SSSR count). The Balaban J connectivity index is 1.44. The Morgan fingerprint density at radius 1 is 1.14 bits per heavy atom. The Hall–Kier alpha value is -3.30. The molecule has 35 heavy (non-hydrogen) atoms. The molecule has 184 valence electrons. The Morgan fingerprint density at radius 2 is 1.89 bits per heavy atom. The van der Waals surface area contributed by atoms with Gasteiger partial charge in [0.1, 0.15) is 10.8 Å². The van der Waals surface area contributed by atoms with Crippen LogP contribution in [0, 0.1) is 5.92 Å². The summed E-state index contributed by atoms with van der Waals surface area (Å²) in [6.07, 6.45) is 2.68. The summed E-state index contributed by atoms with van der Waals surface area (Å²) in [7, 11) is 1.56. The highest BCUT2D eigenvalue weighted by Crippen LogP contribution is 2.31. The van der Waals surface area contributed by atoms with Crippen molar-refractivity contribution in [2.24, 2.45) is 5.92 Å². The molecule has 0 unspecified atom stereocenters. The fraction of sp³-hybridized carbons (Fsp3) is 0.385. The average molecular weight is 495 g/mol. The van der Waals surface area contributed by atoms with Gasteiger partial charge in [-0.15, -0.1) is 10.2 Å². The number of unbranched alkanes of at least 4 members (excludes halogenated alkanes) is 1. The molecule has 0 spiro atoms. The van der Waals surface area contributed by atoms with E-state index >= 15 is 0 Å². The molecule has 2 heterocycles. The lowest BCUT2D eigenvalue weighted by molar-refractivity contribution is -0.147. The smallest absolute Gasteiger partial charge is 0.309 e. The van der Waals surface area contributed by atoms with Crippen LogP contribution in [0.25, 0.3) is 10.6 Å². The average Bonchev–Trinajstić information content (AvgIpc) is 3.33. The van der Waals surface area contributed by atoms with Crippen LogP contribution in [-0.4, -0.2) is 65.4 Å². The van der Waals surface area contributed by atoms with Crippen LogP contribution in [0.5, 0.6) is 5.75 Å². The summed E-state index contributed by atoms with van der Waals surface area (Å²) in [4.78, 5) is 28.2. The van der Waals surface area contributed by atoms with Crippen LogP contribution < -0.4 is 9.64 Å². The third-order valence-electron chi connectivity index (χ3n) is 6.19. The lowest BCUT2D eigenvalue weighted by atomic mass is 9.99. The molecule has 0 aliphatic carbocycles. The van der Waals surface area contributed by atoms with Crippen molar-refractivity contribution in [1.29, 1.82) is 0 Å². The van der Waals surface area contributed by atoms with Crippen molar-refractivity contribution >= 4 is 28.3 Å². The summed E-state index contributed by atoms with van der Waals surface area (Å²) < 4.78 is 5.39. The van der Waals surface area contributed by atoms with Gasteiger partial charge in [-0.05, 0) is 30.5 Å². The number of anilines is 1. The first-order valence-corrected chi connectivity index (χ1v) is 12.6. The number of amides is 1. The van der Waals surface area contributed by atoms with E-state index in [4.69, 9.17) is 9.84 Å². The van der Waals surface area contributed by atoms with Gasteiger partial charge in [0.05, 0.1) is 18.6 Å². The van der Waals surface area contributed by atoms with E-state index in [1.165, 1.54) is 16.9 Å². The molecular formula is C26H30N4O4S. The Bertz CT molecular complexity index is 1160. The molecular weight excluding hydrogens is 464 g/mol. The van der Waals surface area contributed by atoms with Crippen LogP contribution in [0.15, 0.2) is 48.5 Å². The van der Waals surface area contributed by atoms with E-state index in [0.29, 0.717) is 36.1 Å². The molecule has 1 fully saturated rings. The fourth-order valence-corrected chi connectivity index (χ4v) is 4.89. The zero-order chi connectivity index (χ0) is 24.8. The number of carboxylic acids is 1. The second-order valence-electron chi connectivity index (χ2n) is 8.64. The molecule has 1 saturated heterocycles. The number of aliphatic carboxylic acids is 1. The van der Waals surface area contributed by atoms with E-state index in [0.717, 1.165) is 36.4 Å². The second-order valence-corrected chi connectivity index (χ2v) is 9.60. The van der Waals surface area contributed by atoms with E-state index < -0.39 is 5.97 Å². The lowest BCUT2D eigenvalue weighted by Gasteiger charge is -2.36. The van der Waals surface area contributed by atoms with Gasteiger partial charge in [0.15, 0.2) is 0 Å². The molecule has 1 aliphatic rings. The molecule has 8 nitrogen and oxygen atoms in total. The highest BCUT2D eigenvalue weighted by molar-refractivity contribution is 7.18. The van der Waals surface area contributed by atoms with Crippen LogP contribution in [0.4, 0.5) is 5.13 Å². The summed E-state index contributed by atoms with van der Waals surface area (Å²) >= 11 is 1.40. The Kier molecular flexibility index (Phi) is 8.09. The summed E-state index contributed by atoms with van der Waals surface area (Å²) in [5.41, 5.74) is 2.64. The Labute approximate surface area is 209 Å². The normalized spacial score (nSPS) is 13.9. The number of methoxy groups -OCH3 is 1. The van der Waals surface area contributed by atoms with Crippen LogP contribution in [0.2, 0.25) is 0 Å². The number of aromatic nitrogens is 2. The SMILES string of the molecule is CCCCN(C(=O)c1ccccc1OC)c1nnc(-c2ccc(CCN3CC(C(=O)O)C3)cc2)s1. The standard InChI is InChI=1S/C26H30N4O4S/c1-3-4-14-30(24(31)21-7-5-6-8-22(21)34-2)26-28-27-23(35-26)19-11-9-18(10-12-19)13-15-29-16-20(17-29)25(32)33/h5-12,20H,3-4,13-17H2,1-2H3,(H,32,33). The number of carbonyl (C=O) groups excluding carboxylic acids is 1. The molecule has 1 N–H and O–H groups in total. The predicted octanol–water partition coefficient (Wildman–Crippen LogP) is 4.22. The maximum atomic E-state index is 13.4. The van der Waals surface area contributed by atoms with Crippen molar-refractivity contribution in [3.63, 3.8) is 0 Å². The van der Waals surface area contributed by atoms with Crippen molar-refractivity contribution in [3.05, 3.63) is 59.7 Å². The number of hydrogen-bond acceptors (Lipinski definition) is 7. The van der Waals surface area contributed by atoms with Gasteiger partial charge >= 0.3 is 5.97 Å². The van der Waals surface area contributed by atoms with Crippen molar-refractivity contribution in [3.8, 4) is 16.3 Å². The van der Waals surface area contributed by atoms with Crippen molar-refractivity contribution in [2.75, 3.05) is 38.2 Å². The van der Waals surface area contributed by atoms with Gasteiger partial charge in [-0.1, -0.05) is 61.1 Å². The first-order chi connectivity index (χ1) is 17.0. The van der Waals surface area contributed by atoms with Crippen molar-refractivity contribution in [2.45, 2.75) is 26.2 Å². The maximum Gasteiger partial charge on any atom is 0.309 e. The minimum Gasteiger partial charge on any atom is -0.496 e. The molecule has 1 aliphatic heterocycles. The second kappa shape index (κ2) is 11.4. The quantitative estimate of drug-likeness (QED) is 0.426. The molecule has 3 aromatic rings. The minimum absolute atomic E-state index is 0.148. The summed E-state index contributed by atoms with van der Waals surface area (Å²) in [6, 6.07) is 15.4. The largest absolute Gasteiger partial charge is 0.496 e. The molecule has 2 aromatic carbocycles. The first-order valence-electron chi connectivity index (χ1n) is 11.8. The zero-order valence-electron chi connectivity index (χ0n) is 20.0. The van der Waals surface area contributed by atoms with E-state index in [1.807, 2.05) is 24.3 Å². The number of carbonyl (C=O) groups is 2. The first kappa shape index (κ1) is 24.8. The molecule has 1 amide bonds. The third kappa shape index (κ3) is 5.86. The van der Waals surface area contributed by atoms with E-state index in [1.54, 1.807) is 24.1 Å². The van der Waals surface area contributed by atoms with Crippen LogP contribution >= 0.6 is 11.3 Å². The molecule has 1 aromatic heterocycles. The number of para-hydroxylation sites is 1. The van der Waals surface area contributed by atoms with Gasteiger partial charge in [-0.2, -0.15) is 0 Å². The van der Waals surface area contributed by atoms with Crippen LogP contribution in [0.3, 0.4) is 0 Å². The molecule has 9 heteroatoms. The van der Waals surface area contributed by atoms with Gasteiger partial charge in [0, 0.05) is 31.7 Å². The summed E-state index contributed by atoms with van der Waals surface area (Å²) in [5.74, 6) is -0.545. The molecule has 0 radical (unpaired) electrons. The van der Waals surface area contributed by atoms with Gasteiger partial charge < -0.3 is 14.7 Å². The number of ether oxygens (including phenoxy) is 1. The monoisotopic (exact) mass is 494 g/mol. The van der Waals surface area contributed by atoms with Gasteiger partial charge in [0.25, 0.3) is 5.91 Å². The topological polar surface area (TPSA) is 95.9 Å². The number of likely N-dealkylation sites (tertiary alicyclic amines) is 1. The minimum atomic E-state index is -0.708. The number of nitrogens with zero attached hydrogens (tertiary/aromatic N) is 4. The van der Waals surface area contributed by atoms with Gasteiger partial charge in [-0.25, -0.2) is 0 Å². The molecule has 0 atom stereocenters. The number of carboxylic acid groups (broad SMARTS) is 1.